The molecule has 144 valence electrons. The summed E-state index contributed by atoms with van der Waals surface area (Å²) in [5, 5.41) is 7.74. The third-order valence-electron chi connectivity index (χ3n) is 5.64. The van der Waals surface area contributed by atoms with Gasteiger partial charge >= 0.3 is 0 Å². The van der Waals surface area contributed by atoms with E-state index < -0.39 is 0 Å². The zero-order chi connectivity index (χ0) is 17.3. The molecule has 0 amide bonds. The molecule has 2 heteroatoms. The minimum Gasteiger partial charge on any atom is -0.312 e. The first-order valence-corrected chi connectivity index (χ1v) is 11.3. The molecule has 24 heavy (non-hydrogen) atoms. The maximum Gasteiger partial charge on any atom is 0.0221 e. The van der Waals surface area contributed by atoms with Gasteiger partial charge in [-0.3, -0.25) is 0 Å². The minimum atomic E-state index is 0.731. The molecule has 1 aliphatic carbocycles. The molecule has 0 bridgehead atoms. The molecule has 2 nitrogen and oxygen atoms in total. The Labute approximate surface area is 152 Å². The van der Waals surface area contributed by atoms with E-state index in [1.807, 2.05) is 0 Å². The molecule has 0 aliphatic heterocycles. The van der Waals surface area contributed by atoms with Crippen molar-refractivity contribution in [3.8, 4) is 0 Å². The molecule has 2 atom stereocenters. The molecule has 0 aromatic rings. The standard InChI is InChI=1S/C22H46N2/c1-3-5-7-9-11-15-19-23-21-17-13-14-18-22(21)24-20-16-12-10-8-6-4-2/h21-24H,3-20H2,1-2H3/t21-,22-/m1/s1. The smallest absolute Gasteiger partial charge is 0.0221 e. The molecule has 0 heterocycles. The fraction of sp³-hybridized carbons (Fsp3) is 1.00. The minimum absolute atomic E-state index is 0.731. The first-order valence-electron chi connectivity index (χ1n) is 11.3. The van der Waals surface area contributed by atoms with Crippen molar-refractivity contribution in [3.05, 3.63) is 0 Å². The maximum absolute atomic E-state index is 3.87. The van der Waals surface area contributed by atoms with E-state index >= 15 is 0 Å². The summed E-state index contributed by atoms with van der Waals surface area (Å²) in [5.41, 5.74) is 0. The van der Waals surface area contributed by atoms with Gasteiger partial charge in [0.2, 0.25) is 0 Å². The van der Waals surface area contributed by atoms with Crippen LogP contribution in [-0.4, -0.2) is 25.2 Å². The van der Waals surface area contributed by atoms with E-state index in [4.69, 9.17) is 0 Å². The zero-order valence-electron chi connectivity index (χ0n) is 16.9. The number of nitrogens with one attached hydrogen (secondary N) is 2. The van der Waals surface area contributed by atoms with Crippen LogP contribution in [0.15, 0.2) is 0 Å². The van der Waals surface area contributed by atoms with E-state index in [0.29, 0.717) is 0 Å². The number of hydrogen-bond acceptors (Lipinski definition) is 2. The summed E-state index contributed by atoms with van der Waals surface area (Å²) >= 11 is 0. The lowest BCUT2D eigenvalue weighted by molar-refractivity contribution is 0.281. The Hall–Kier alpha value is -0.0800. The summed E-state index contributed by atoms with van der Waals surface area (Å²) in [7, 11) is 0. The Bertz CT molecular complexity index is 228. The average molecular weight is 339 g/mol. The van der Waals surface area contributed by atoms with Crippen LogP contribution < -0.4 is 10.6 Å². The predicted octanol–water partition coefficient (Wildman–Crippen LogP) is 6.20. The Morgan fingerprint density at radius 1 is 0.542 bits per heavy atom. The van der Waals surface area contributed by atoms with Gasteiger partial charge in [0.25, 0.3) is 0 Å². The van der Waals surface area contributed by atoms with Crippen molar-refractivity contribution in [1.29, 1.82) is 0 Å². The van der Waals surface area contributed by atoms with Crippen LogP contribution >= 0.6 is 0 Å². The summed E-state index contributed by atoms with van der Waals surface area (Å²) in [6.45, 7) is 7.05. The fourth-order valence-corrected chi connectivity index (χ4v) is 4.01. The molecule has 0 aromatic carbocycles. The lowest BCUT2D eigenvalue weighted by Gasteiger charge is -2.33. The molecule has 0 saturated heterocycles. The SMILES string of the molecule is CCCCCCCCN[C@@H]1CCCC[C@H]1NCCCCCCCC. The van der Waals surface area contributed by atoms with Gasteiger partial charge in [-0.2, -0.15) is 0 Å². The lowest BCUT2D eigenvalue weighted by Crippen LogP contribution is -2.50. The number of unbranched alkanes of at least 4 members (excludes halogenated alkanes) is 10. The van der Waals surface area contributed by atoms with Crippen molar-refractivity contribution < 1.29 is 0 Å². The summed E-state index contributed by atoms with van der Waals surface area (Å²) in [6.07, 6.45) is 22.4. The van der Waals surface area contributed by atoms with Gasteiger partial charge in [-0.1, -0.05) is 90.9 Å². The molecular weight excluding hydrogens is 292 g/mol. The van der Waals surface area contributed by atoms with E-state index in [1.54, 1.807) is 0 Å². The highest BCUT2D eigenvalue weighted by atomic mass is 15.0. The van der Waals surface area contributed by atoms with Crippen LogP contribution in [-0.2, 0) is 0 Å². The van der Waals surface area contributed by atoms with Crippen LogP contribution in [0.3, 0.4) is 0 Å². The summed E-state index contributed by atoms with van der Waals surface area (Å²) in [6, 6.07) is 1.46. The fourth-order valence-electron chi connectivity index (χ4n) is 4.01. The third kappa shape index (κ3) is 11.5. The van der Waals surface area contributed by atoms with Gasteiger partial charge < -0.3 is 10.6 Å². The third-order valence-corrected chi connectivity index (χ3v) is 5.64. The van der Waals surface area contributed by atoms with Gasteiger partial charge in [0.15, 0.2) is 0 Å². The molecular formula is C22H46N2. The van der Waals surface area contributed by atoms with Crippen LogP contribution in [0.25, 0.3) is 0 Å². The second-order valence-electron chi connectivity index (χ2n) is 7.94. The Morgan fingerprint density at radius 3 is 1.33 bits per heavy atom. The Morgan fingerprint density at radius 2 is 0.917 bits per heavy atom. The van der Waals surface area contributed by atoms with Gasteiger partial charge in [-0.15, -0.1) is 0 Å². The van der Waals surface area contributed by atoms with Crippen molar-refractivity contribution in [3.63, 3.8) is 0 Å². The molecule has 0 spiro atoms. The molecule has 0 unspecified atom stereocenters. The quantitative estimate of drug-likeness (QED) is 0.327. The van der Waals surface area contributed by atoms with E-state index in [0.717, 1.165) is 12.1 Å². The molecule has 2 N–H and O–H groups in total. The van der Waals surface area contributed by atoms with Crippen molar-refractivity contribution >= 4 is 0 Å². The molecule has 1 rings (SSSR count). The van der Waals surface area contributed by atoms with Crippen LogP contribution in [0.1, 0.15) is 117 Å². The number of hydrogen-bond donors (Lipinski definition) is 2. The number of rotatable bonds is 16. The van der Waals surface area contributed by atoms with Crippen molar-refractivity contribution in [1.82, 2.24) is 10.6 Å². The van der Waals surface area contributed by atoms with Crippen molar-refractivity contribution in [2.24, 2.45) is 0 Å². The van der Waals surface area contributed by atoms with Gasteiger partial charge in [0.05, 0.1) is 0 Å². The van der Waals surface area contributed by atoms with Crippen LogP contribution in [0.2, 0.25) is 0 Å². The largest absolute Gasteiger partial charge is 0.312 e. The predicted molar refractivity (Wildman–Crippen MR) is 109 cm³/mol. The van der Waals surface area contributed by atoms with E-state index in [1.165, 1.54) is 116 Å². The highest BCUT2D eigenvalue weighted by Crippen LogP contribution is 2.19. The first kappa shape index (κ1) is 22.0. The van der Waals surface area contributed by atoms with Crippen molar-refractivity contribution in [2.75, 3.05) is 13.1 Å². The van der Waals surface area contributed by atoms with Crippen LogP contribution in [0.5, 0.6) is 0 Å². The average Bonchev–Trinajstić information content (AvgIpc) is 2.61. The van der Waals surface area contributed by atoms with Gasteiger partial charge in [0, 0.05) is 12.1 Å². The van der Waals surface area contributed by atoms with E-state index in [2.05, 4.69) is 24.5 Å². The topological polar surface area (TPSA) is 24.1 Å². The monoisotopic (exact) mass is 338 g/mol. The first-order chi connectivity index (χ1) is 11.9. The van der Waals surface area contributed by atoms with Crippen molar-refractivity contribution in [2.45, 2.75) is 129 Å². The maximum atomic E-state index is 3.87. The Balaban J connectivity index is 2.02. The molecule has 1 saturated carbocycles. The molecule has 0 radical (unpaired) electrons. The highest BCUT2D eigenvalue weighted by Gasteiger charge is 2.23. The second kappa shape index (κ2) is 16.4. The van der Waals surface area contributed by atoms with Gasteiger partial charge in [0.1, 0.15) is 0 Å². The van der Waals surface area contributed by atoms with Crippen LogP contribution in [0, 0.1) is 0 Å². The second-order valence-corrected chi connectivity index (χ2v) is 7.94. The molecule has 0 aromatic heterocycles. The lowest BCUT2D eigenvalue weighted by atomic mass is 9.90. The highest BCUT2D eigenvalue weighted by molar-refractivity contribution is 4.86. The summed E-state index contributed by atoms with van der Waals surface area (Å²) < 4.78 is 0. The summed E-state index contributed by atoms with van der Waals surface area (Å²) in [5.74, 6) is 0. The van der Waals surface area contributed by atoms with Gasteiger partial charge in [-0.25, -0.2) is 0 Å². The normalized spacial score (nSPS) is 21.2. The van der Waals surface area contributed by atoms with E-state index in [9.17, 15) is 0 Å². The molecule has 1 fully saturated rings. The van der Waals surface area contributed by atoms with Gasteiger partial charge in [-0.05, 0) is 38.8 Å². The van der Waals surface area contributed by atoms with E-state index in [-0.39, 0.29) is 0 Å². The Kier molecular flexibility index (Phi) is 15.0. The molecule has 1 aliphatic rings. The van der Waals surface area contributed by atoms with Crippen LogP contribution in [0.4, 0.5) is 0 Å². The summed E-state index contributed by atoms with van der Waals surface area (Å²) in [4.78, 5) is 0. The zero-order valence-corrected chi connectivity index (χ0v) is 16.9.